The lowest BCUT2D eigenvalue weighted by molar-refractivity contribution is 0.0725. The van der Waals surface area contributed by atoms with E-state index in [1.807, 2.05) is 45.0 Å². The summed E-state index contributed by atoms with van der Waals surface area (Å²) in [6, 6.07) is 7.90. The van der Waals surface area contributed by atoms with Crippen molar-refractivity contribution in [3.63, 3.8) is 0 Å². The van der Waals surface area contributed by atoms with Crippen LogP contribution in [0.15, 0.2) is 30.5 Å². The SMILES string of the molecule is CCOc1cc(C(=O)N(Cc2cccn2C)C2CC2)cc(OCC)c1OCC. The fourth-order valence-electron chi connectivity index (χ4n) is 3.27. The van der Waals surface area contributed by atoms with Crippen molar-refractivity contribution < 1.29 is 19.0 Å². The standard InChI is InChI=1S/C22H30N2O4/c1-5-26-19-13-16(14-20(27-6-2)21(19)28-7-3)22(25)24(17-10-11-17)15-18-9-8-12-23(18)4/h8-9,12-14,17H,5-7,10-11,15H2,1-4H3. The highest BCUT2D eigenvalue weighted by molar-refractivity contribution is 5.96. The van der Waals surface area contributed by atoms with Gasteiger partial charge in [-0.1, -0.05) is 0 Å². The third-order valence-electron chi connectivity index (χ3n) is 4.79. The van der Waals surface area contributed by atoms with E-state index in [1.54, 1.807) is 12.1 Å². The van der Waals surface area contributed by atoms with Gasteiger partial charge in [0, 0.05) is 30.5 Å². The molecule has 0 N–H and O–H groups in total. The maximum absolute atomic E-state index is 13.4. The van der Waals surface area contributed by atoms with Gasteiger partial charge in [0.05, 0.1) is 26.4 Å². The van der Waals surface area contributed by atoms with E-state index in [4.69, 9.17) is 14.2 Å². The molecule has 0 bridgehead atoms. The molecule has 6 nitrogen and oxygen atoms in total. The van der Waals surface area contributed by atoms with Crippen LogP contribution >= 0.6 is 0 Å². The molecular formula is C22H30N2O4. The summed E-state index contributed by atoms with van der Waals surface area (Å²) in [5, 5.41) is 0. The lowest BCUT2D eigenvalue weighted by Gasteiger charge is -2.24. The number of hydrogen-bond acceptors (Lipinski definition) is 4. The molecule has 152 valence electrons. The Morgan fingerprint density at radius 1 is 1.07 bits per heavy atom. The normalized spacial score (nSPS) is 13.3. The molecule has 0 aliphatic heterocycles. The molecule has 1 heterocycles. The molecule has 1 amide bonds. The van der Waals surface area contributed by atoms with E-state index < -0.39 is 0 Å². The molecule has 1 aliphatic carbocycles. The number of carbonyl (C=O) groups is 1. The number of ether oxygens (including phenoxy) is 3. The molecule has 1 aromatic carbocycles. The minimum absolute atomic E-state index is 0.00588. The summed E-state index contributed by atoms with van der Waals surface area (Å²) < 4.78 is 19.3. The van der Waals surface area contributed by atoms with Crippen molar-refractivity contribution in [1.82, 2.24) is 9.47 Å². The van der Waals surface area contributed by atoms with Crippen LogP contribution in [0.25, 0.3) is 0 Å². The second-order valence-corrected chi connectivity index (χ2v) is 6.88. The number of nitrogens with zero attached hydrogens (tertiary/aromatic N) is 2. The molecule has 0 saturated heterocycles. The summed E-state index contributed by atoms with van der Waals surface area (Å²) in [5.41, 5.74) is 1.68. The molecule has 1 fully saturated rings. The molecule has 0 spiro atoms. The molecule has 0 atom stereocenters. The van der Waals surface area contributed by atoms with Crippen LogP contribution < -0.4 is 14.2 Å². The Balaban J connectivity index is 1.95. The van der Waals surface area contributed by atoms with Crippen LogP contribution in [-0.2, 0) is 13.6 Å². The second kappa shape index (κ2) is 9.04. The van der Waals surface area contributed by atoms with E-state index in [-0.39, 0.29) is 5.91 Å². The fraction of sp³-hybridized carbons (Fsp3) is 0.500. The van der Waals surface area contributed by atoms with Gasteiger partial charge < -0.3 is 23.7 Å². The first kappa shape index (κ1) is 20.1. The number of hydrogen-bond donors (Lipinski definition) is 0. The Labute approximate surface area is 167 Å². The molecule has 2 aromatic rings. The van der Waals surface area contributed by atoms with Crippen molar-refractivity contribution in [2.45, 2.75) is 46.2 Å². The lowest BCUT2D eigenvalue weighted by atomic mass is 10.1. The summed E-state index contributed by atoms with van der Waals surface area (Å²) >= 11 is 0. The van der Waals surface area contributed by atoms with Crippen molar-refractivity contribution in [3.05, 3.63) is 41.7 Å². The Hall–Kier alpha value is -2.63. The largest absolute Gasteiger partial charge is 0.490 e. The number of carbonyl (C=O) groups excluding carboxylic acids is 1. The van der Waals surface area contributed by atoms with Gasteiger partial charge in [-0.2, -0.15) is 0 Å². The minimum atomic E-state index is -0.00588. The number of aryl methyl sites for hydroxylation is 1. The summed E-state index contributed by atoms with van der Waals surface area (Å²) in [7, 11) is 2.00. The van der Waals surface area contributed by atoms with Crippen LogP contribution in [0.4, 0.5) is 0 Å². The monoisotopic (exact) mass is 386 g/mol. The Bertz CT molecular complexity index is 784. The van der Waals surface area contributed by atoms with Gasteiger partial charge in [-0.25, -0.2) is 0 Å². The van der Waals surface area contributed by atoms with Crippen LogP contribution in [0, 0.1) is 0 Å². The molecule has 1 aliphatic rings. The van der Waals surface area contributed by atoms with Gasteiger partial charge >= 0.3 is 0 Å². The summed E-state index contributed by atoms with van der Waals surface area (Å²) in [5.74, 6) is 1.65. The zero-order chi connectivity index (χ0) is 20.1. The van der Waals surface area contributed by atoms with Crippen LogP contribution in [0.5, 0.6) is 17.2 Å². The molecule has 1 saturated carbocycles. The van der Waals surface area contributed by atoms with Gasteiger partial charge in [-0.3, -0.25) is 4.79 Å². The smallest absolute Gasteiger partial charge is 0.254 e. The summed E-state index contributed by atoms with van der Waals surface area (Å²) in [6.45, 7) is 7.80. The summed E-state index contributed by atoms with van der Waals surface area (Å²) in [4.78, 5) is 15.4. The third kappa shape index (κ3) is 4.43. The second-order valence-electron chi connectivity index (χ2n) is 6.88. The van der Waals surface area contributed by atoms with E-state index >= 15 is 0 Å². The molecule has 28 heavy (non-hydrogen) atoms. The lowest BCUT2D eigenvalue weighted by Crippen LogP contribution is -2.33. The molecule has 6 heteroatoms. The molecular weight excluding hydrogens is 356 g/mol. The highest BCUT2D eigenvalue weighted by Crippen LogP contribution is 2.40. The zero-order valence-corrected chi connectivity index (χ0v) is 17.2. The quantitative estimate of drug-likeness (QED) is 0.619. The maximum Gasteiger partial charge on any atom is 0.254 e. The topological polar surface area (TPSA) is 52.9 Å². The number of aromatic nitrogens is 1. The van der Waals surface area contributed by atoms with Crippen LogP contribution in [-0.4, -0.2) is 41.2 Å². The predicted octanol–water partition coefficient (Wildman–Crippen LogP) is 4.03. The molecule has 0 radical (unpaired) electrons. The van der Waals surface area contributed by atoms with Gasteiger partial charge in [0.15, 0.2) is 11.5 Å². The van der Waals surface area contributed by atoms with Crippen LogP contribution in [0.2, 0.25) is 0 Å². The maximum atomic E-state index is 13.4. The first-order chi connectivity index (χ1) is 13.6. The molecule has 1 aromatic heterocycles. The van der Waals surface area contributed by atoms with Gasteiger partial charge in [0.1, 0.15) is 0 Å². The Morgan fingerprint density at radius 2 is 1.68 bits per heavy atom. The van der Waals surface area contributed by atoms with Crippen LogP contribution in [0.3, 0.4) is 0 Å². The minimum Gasteiger partial charge on any atom is -0.490 e. The first-order valence-electron chi connectivity index (χ1n) is 10.1. The summed E-state index contributed by atoms with van der Waals surface area (Å²) in [6.07, 6.45) is 4.09. The van der Waals surface area contributed by atoms with Crippen molar-refractivity contribution in [3.8, 4) is 17.2 Å². The highest BCUT2D eigenvalue weighted by atomic mass is 16.5. The number of rotatable bonds is 10. The van der Waals surface area contributed by atoms with Gasteiger partial charge in [0.25, 0.3) is 5.91 Å². The van der Waals surface area contributed by atoms with Crippen molar-refractivity contribution >= 4 is 5.91 Å². The third-order valence-corrected chi connectivity index (χ3v) is 4.79. The first-order valence-corrected chi connectivity index (χ1v) is 10.1. The fourth-order valence-corrected chi connectivity index (χ4v) is 3.27. The number of amides is 1. The van der Waals surface area contributed by atoms with Gasteiger partial charge in [-0.15, -0.1) is 0 Å². The molecule has 3 rings (SSSR count). The Kier molecular flexibility index (Phi) is 6.49. The van der Waals surface area contributed by atoms with E-state index in [2.05, 4.69) is 10.6 Å². The van der Waals surface area contributed by atoms with Crippen molar-refractivity contribution in [1.29, 1.82) is 0 Å². The van der Waals surface area contributed by atoms with E-state index in [0.29, 0.717) is 55.2 Å². The average molecular weight is 386 g/mol. The van der Waals surface area contributed by atoms with E-state index in [9.17, 15) is 4.79 Å². The number of benzene rings is 1. The van der Waals surface area contributed by atoms with Crippen LogP contribution in [0.1, 0.15) is 49.7 Å². The predicted molar refractivity (Wildman–Crippen MR) is 108 cm³/mol. The molecule has 0 unspecified atom stereocenters. The van der Waals surface area contributed by atoms with Gasteiger partial charge in [-0.05, 0) is 57.9 Å². The van der Waals surface area contributed by atoms with Crippen molar-refractivity contribution in [2.24, 2.45) is 7.05 Å². The Morgan fingerprint density at radius 3 is 2.14 bits per heavy atom. The average Bonchev–Trinajstić information content (AvgIpc) is 3.44. The van der Waals surface area contributed by atoms with E-state index in [1.165, 1.54) is 0 Å². The highest BCUT2D eigenvalue weighted by Gasteiger charge is 2.34. The van der Waals surface area contributed by atoms with Gasteiger partial charge in [0.2, 0.25) is 5.75 Å². The van der Waals surface area contributed by atoms with Crippen molar-refractivity contribution in [2.75, 3.05) is 19.8 Å². The zero-order valence-electron chi connectivity index (χ0n) is 17.2. The van der Waals surface area contributed by atoms with E-state index in [0.717, 1.165) is 18.5 Å².